The Morgan fingerprint density at radius 3 is 2.48 bits per heavy atom. The van der Waals surface area contributed by atoms with Gasteiger partial charge in [0.05, 0.1) is 12.2 Å². The molecule has 1 N–H and O–H groups in total. The van der Waals surface area contributed by atoms with Crippen LogP contribution >= 0.6 is 0 Å². The lowest BCUT2D eigenvalue weighted by Crippen LogP contribution is -2.47. The van der Waals surface area contributed by atoms with Gasteiger partial charge in [0.2, 0.25) is 0 Å². The topological polar surface area (TPSA) is 101 Å². The number of carbonyl (C=O) groups is 2. The second kappa shape index (κ2) is 9.71. The molecule has 0 bridgehead atoms. The van der Waals surface area contributed by atoms with Crippen molar-refractivity contribution in [3.05, 3.63) is 41.4 Å². The molecule has 7 heteroatoms. The fourth-order valence-corrected chi connectivity index (χ4v) is 2.00. The summed E-state index contributed by atoms with van der Waals surface area (Å²) in [5.74, 6) is -0.877. The number of rotatable bonds is 8. The summed E-state index contributed by atoms with van der Waals surface area (Å²) in [6.45, 7) is 7.79. The first-order valence-corrected chi connectivity index (χ1v) is 8.05. The number of amides is 1. The molecule has 0 aliphatic rings. The molecule has 1 amide bonds. The van der Waals surface area contributed by atoms with Crippen molar-refractivity contribution >= 4 is 18.1 Å². The van der Waals surface area contributed by atoms with Crippen LogP contribution in [0.3, 0.4) is 0 Å². The first-order valence-electron chi connectivity index (χ1n) is 8.05. The summed E-state index contributed by atoms with van der Waals surface area (Å²) >= 11 is 0. The summed E-state index contributed by atoms with van der Waals surface area (Å²) in [6, 6.07) is 8.28. The van der Waals surface area contributed by atoms with Gasteiger partial charge in [-0.05, 0) is 26.3 Å². The normalized spacial score (nSPS) is 13.3. The molecule has 2 unspecified atom stereocenters. The number of hydrogen-bond acceptors (Lipinski definition) is 4. The van der Waals surface area contributed by atoms with Crippen molar-refractivity contribution in [1.82, 2.24) is 5.32 Å². The number of benzene rings is 1. The fourth-order valence-electron chi connectivity index (χ4n) is 2.00. The summed E-state index contributed by atoms with van der Waals surface area (Å²) in [4.78, 5) is 26.8. The van der Waals surface area contributed by atoms with Crippen molar-refractivity contribution < 1.29 is 23.9 Å². The standard InChI is InChI=1S/C18H25N3O4/c1-13(11-25-18(2,3)4)16(15(22)10-20-19)21-17(23)24-12-14-8-6-5-7-9-14/h5-10,13,16H,11-12H2,1-4H3,(H,21,23). The summed E-state index contributed by atoms with van der Waals surface area (Å²) < 4.78 is 10.8. The SMILES string of the molecule is CC(COC(C)(C)C)C(NC(=O)OCc1ccccc1)C(=O)C=[N+]=[N-]. The third kappa shape index (κ3) is 8.24. The molecule has 0 spiro atoms. The van der Waals surface area contributed by atoms with Crippen molar-refractivity contribution in [3.63, 3.8) is 0 Å². The van der Waals surface area contributed by atoms with Crippen LogP contribution in [-0.4, -0.2) is 41.1 Å². The maximum Gasteiger partial charge on any atom is 0.408 e. The summed E-state index contributed by atoms with van der Waals surface area (Å²) in [5.41, 5.74) is 9.05. The Kier molecular flexibility index (Phi) is 7.98. The minimum Gasteiger partial charge on any atom is -0.445 e. The monoisotopic (exact) mass is 347 g/mol. The van der Waals surface area contributed by atoms with E-state index in [1.54, 1.807) is 6.92 Å². The van der Waals surface area contributed by atoms with Gasteiger partial charge in [-0.1, -0.05) is 37.3 Å². The lowest BCUT2D eigenvalue weighted by molar-refractivity contribution is -0.120. The zero-order valence-electron chi connectivity index (χ0n) is 15.1. The summed E-state index contributed by atoms with van der Waals surface area (Å²) in [5, 5.41) is 2.51. The molecule has 25 heavy (non-hydrogen) atoms. The molecule has 1 rings (SSSR count). The Labute approximate surface area is 147 Å². The third-order valence-electron chi connectivity index (χ3n) is 3.33. The van der Waals surface area contributed by atoms with E-state index < -0.39 is 17.9 Å². The van der Waals surface area contributed by atoms with E-state index in [1.807, 2.05) is 51.1 Å². The van der Waals surface area contributed by atoms with Crippen molar-refractivity contribution in [1.29, 1.82) is 0 Å². The smallest absolute Gasteiger partial charge is 0.408 e. The number of ketones is 1. The van der Waals surface area contributed by atoms with Gasteiger partial charge in [-0.15, -0.1) is 0 Å². The molecular weight excluding hydrogens is 322 g/mol. The minimum atomic E-state index is -0.915. The third-order valence-corrected chi connectivity index (χ3v) is 3.33. The minimum absolute atomic E-state index is 0.0918. The first kappa shape index (κ1) is 20.5. The van der Waals surface area contributed by atoms with Crippen LogP contribution in [-0.2, 0) is 20.9 Å². The van der Waals surface area contributed by atoms with Crippen molar-refractivity contribution in [2.75, 3.05) is 6.61 Å². The van der Waals surface area contributed by atoms with Crippen LogP contribution in [0.4, 0.5) is 4.79 Å². The number of nitrogens with zero attached hydrogens (tertiary/aromatic N) is 2. The highest BCUT2D eigenvalue weighted by Crippen LogP contribution is 2.13. The quantitative estimate of drug-likeness (QED) is 0.443. The highest BCUT2D eigenvalue weighted by molar-refractivity contribution is 6.28. The molecule has 7 nitrogen and oxygen atoms in total. The number of hydrogen-bond donors (Lipinski definition) is 1. The second-order valence-corrected chi connectivity index (χ2v) is 6.73. The molecular formula is C18H25N3O4. The van der Waals surface area contributed by atoms with Crippen molar-refractivity contribution in [2.24, 2.45) is 5.92 Å². The van der Waals surface area contributed by atoms with Crippen LogP contribution in [0.2, 0.25) is 0 Å². The largest absolute Gasteiger partial charge is 0.445 e. The van der Waals surface area contributed by atoms with Gasteiger partial charge in [-0.3, -0.25) is 4.79 Å². The van der Waals surface area contributed by atoms with E-state index in [0.717, 1.165) is 11.8 Å². The fraction of sp³-hybridized carbons (Fsp3) is 0.500. The van der Waals surface area contributed by atoms with Gasteiger partial charge in [0, 0.05) is 5.92 Å². The van der Waals surface area contributed by atoms with E-state index in [9.17, 15) is 9.59 Å². The van der Waals surface area contributed by atoms with E-state index in [2.05, 4.69) is 10.1 Å². The Bertz CT molecular complexity index is 619. The van der Waals surface area contributed by atoms with Gasteiger partial charge >= 0.3 is 12.3 Å². The van der Waals surface area contributed by atoms with E-state index >= 15 is 0 Å². The molecule has 0 saturated carbocycles. The molecule has 0 fully saturated rings. The highest BCUT2D eigenvalue weighted by Gasteiger charge is 2.30. The maximum absolute atomic E-state index is 12.1. The molecule has 0 saturated heterocycles. The average Bonchev–Trinajstić information content (AvgIpc) is 2.56. The van der Waals surface area contributed by atoms with Crippen LogP contribution in [0.1, 0.15) is 33.3 Å². The van der Waals surface area contributed by atoms with Crippen LogP contribution in [0.25, 0.3) is 5.53 Å². The second-order valence-electron chi connectivity index (χ2n) is 6.73. The number of nitrogens with one attached hydrogen (secondary N) is 1. The van der Waals surface area contributed by atoms with Gasteiger partial charge in [0.25, 0.3) is 5.78 Å². The molecule has 0 radical (unpaired) electrons. The molecule has 1 aromatic carbocycles. The number of alkyl carbamates (subject to hydrolysis) is 1. The molecule has 1 aromatic rings. The van der Waals surface area contributed by atoms with Crippen LogP contribution < -0.4 is 5.32 Å². The van der Waals surface area contributed by atoms with E-state index in [-0.39, 0.29) is 24.7 Å². The predicted molar refractivity (Wildman–Crippen MR) is 93.1 cm³/mol. The Morgan fingerprint density at radius 1 is 1.28 bits per heavy atom. The van der Waals surface area contributed by atoms with Gasteiger partial charge in [-0.25, -0.2) is 4.79 Å². The van der Waals surface area contributed by atoms with Crippen molar-refractivity contribution in [2.45, 2.75) is 45.9 Å². The number of Topliss-reactive ketones (excluding diaryl/α,β-unsaturated/α-hetero) is 1. The van der Waals surface area contributed by atoms with Gasteiger partial charge in [-0.2, -0.15) is 4.79 Å². The zero-order chi connectivity index (χ0) is 18.9. The molecule has 136 valence electrons. The van der Waals surface area contributed by atoms with Gasteiger partial charge in [0.15, 0.2) is 0 Å². The molecule has 0 heterocycles. The molecule has 0 aliphatic heterocycles. The Balaban J connectivity index is 2.67. The Morgan fingerprint density at radius 2 is 1.92 bits per heavy atom. The summed E-state index contributed by atoms with van der Waals surface area (Å²) in [7, 11) is 0. The predicted octanol–water partition coefficient (Wildman–Crippen LogP) is 2.60. The van der Waals surface area contributed by atoms with Crippen molar-refractivity contribution in [3.8, 4) is 0 Å². The Hall–Kier alpha value is -2.50. The highest BCUT2D eigenvalue weighted by atomic mass is 16.5. The van der Waals surface area contributed by atoms with E-state index in [0.29, 0.717) is 0 Å². The average molecular weight is 347 g/mol. The molecule has 0 aromatic heterocycles. The maximum atomic E-state index is 12.1. The lowest BCUT2D eigenvalue weighted by Gasteiger charge is -2.26. The first-order chi connectivity index (χ1) is 11.7. The van der Waals surface area contributed by atoms with E-state index in [1.165, 1.54) is 0 Å². The van der Waals surface area contributed by atoms with Crippen LogP contribution in [0.5, 0.6) is 0 Å². The van der Waals surface area contributed by atoms with Crippen LogP contribution in [0.15, 0.2) is 30.3 Å². The lowest BCUT2D eigenvalue weighted by atomic mass is 9.99. The van der Waals surface area contributed by atoms with Crippen LogP contribution in [0, 0.1) is 5.92 Å². The molecule has 2 atom stereocenters. The number of ether oxygens (including phenoxy) is 2. The summed E-state index contributed by atoms with van der Waals surface area (Å²) in [6.07, 6.45) is 0.0339. The van der Waals surface area contributed by atoms with E-state index in [4.69, 9.17) is 15.0 Å². The number of carbonyl (C=O) groups excluding carboxylic acids is 2. The molecule has 0 aliphatic carbocycles. The van der Waals surface area contributed by atoms with Gasteiger partial charge < -0.3 is 20.3 Å². The van der Waals surface area contributed by atoms with Gasteiger partial charge in [0.1, 0.15) is 12.6 Å². The zero-order valence-corrected chi connectivity index (χ0v) is 15.1.